The van der Waals surface area contributed by atoms with Gasteiger partial charge in [-0.15, -0.1) is 0 Å². The number of amides is 1. The Hall–Kier alpha value is -3.15. The van der Waals surface area contributed by atoms with Crippen LogP contribution in [-0.2, 0) is 14.9 Å². The van der Waals surface area contributed by atoms with Gasteiger partial charge in [0, 0.05) is 11.9 Å². The molecule has 1 unspecified atom stereocenters. The van der Waals surface area contributed by atoms with Crippen LogP contribution in [0.1, 0.15) is 18.5 Å². The summed E-state index contributed by atoms with van der Waals surface area (Å²) in [4.78, 5) is 11.9. The maximum atomic E-state index is 12.2. The van der Waals surface area contributed by atoms with Gasteiger partial charge >= 0.3 is 0 Å². The molecule has 1 amide bonds. The molecule has 0 aliphatic carbocycles. The lowest BCUT2D eigenvalue weighted by atomic mass is 10.1. The van der Waals surface area contributed by atoms with Gasteiger partial charge in [-0.05, 0) is 30.7 Å². The van der Waals surface area contributed by atoms with Crippen LogP contribution in [0.15, 0.2) is 71.3 Å². The Morgan fingerprint density at radius 3 is 2.50 bits per heavy atom. The van der Waals surface area contributed by atoms with Crippen molar-refractivity contribution in [2.45, 2.75) is 17.9 Å². The fraction of sp³-hybridized carbons (Fsp3) is 0.111. The van der Waals surface area contributed by atoms with E-state index in [0.717, 1.165) is 5.56 Å². The average Bonchev–Trinajstić information content (AvgIpc) is 2.62. The average molecular weight is 371 g/mol. The van der Waals surface area contributed by atoms with Crippen LogP contribution in [0.5, 0.6) is 0 Å². The lowest BCUT2D eigenvalue weighted by molar-refractivity contribution is -0.117. The standard InChI is InChI=1S/C18H17N3O4S/c1-13(14-6-3-2-4-7-14)21-18(22)15(11-19)12-20-16-8-5-9-17(10-16)26(23,24)25/h2-10,12-13,20H,1H3,(H,21,22)(H,23,24,25)/b15-12-. The quantitative estimate of drug-likeness (QED) is 0.408. The molecule has 8 heteroatoms. The minimum atomic E-state index is -4.34. The maximum Gasteiger partial charge on any atom is 0.294 e. The van der Waals surface area contributed by atoms with Crippen molar-refractivity contribution in [3.05, 3.63) is 71.9 Å². The number of carbonyl (C=O) groups excluding carboxylic acids is 1. The fourth-order valence-electron chi connectivity index (χ4n) is 2.15. The normalized spacial score (nSPS) is 12.7. The van der Waals surface area contributed by atoms with Crippen LogP contribution < -0.4 is 10.6 Å². The summed E-state index contributed by atoms with van der Waals surface area (Å²) < 4.78 is 31.3. The number of hydrogen-bond acceptors (Lipinski definition) is 5. The van der Waals surface area contributed by atoms with Crippen molar-refractivity contribution in [3.8, 4) is 6.07 Å². The first-order chi connectivity index (χ1) is 12.3. The van der Waals surface area contributed by atoms with Crippen molar-refractivity contribution in [2.24, 2.45) is 0 Å². The SMILES string of the molecule is CC(NC(=O)/C(C#N)=C\Nc1cccc(S(=O)(=O)O)c1)c1ccccc1. The Morgan fingerprint density at radius 1 is 1.19 bits per heavy atom. The van der Waals surface area contributed by atoms with Gasteiger partial charge in [0.25, 0.3) is 16.0 Å². The molecule has 0 aliphatic heterocycles. The highest BCUT2D eigenvalue weighted by molar-refractivity contribution is 7.85. The van der Waals surface area contributed by atoms with E-state index < -0.39 is 16.0 Å². The van der Waals surface area contributed by atoms with Crippen LogP contribution >= 0.6 is 0 Å². The van der Waals surface area contributed by atoms with E-state index in [0.29, 0.717) is 5.69 Å². The molecule has 2 aromatic rings. The molecular formula is C18H17N3O4S. The number of rotatable bonds is 6. The molecular weight excluding hydrogens is 354 g/mol. The van der Waals surface area contributed by atoms with Crippen molar-refractivity contribution in [3.63, 3.8) is 0 Å². The molecule has 0 fully saturated rings. The molecule has 0 radical (unpaired) electrons. The van der Waals surface area contributed by atoms with Gasteiger partial charge < -0.3 is 10.6 Å². The lowest BCUT2D eigenvalue weighted by Crippen LogP contribution is -2.28. The van der Waals surface area contributed by atoms with Gasteiger partial charge in [0.2, 0.25) is 0 Å². The first-order valence-corrected chi connectivity index (χ1v) is 9.05. The highest BCUT2D eigenvalue weighted by Gasteiger charge is 2.14. The second-order valence-electron chi connectivity index (χ2n) is 5.42. The fourth-order valence-corrected chi connectivity index (χ4v) is 2.68. The summed E-state index contributed by atoms with van der Waals surface area (Å²) >= 11 is 0. The smallest absolute Gasteiger partial charge is 0.294 e. The van der Waals surface area contributed by atoms with Crippen molar-refractivity contribution >= 4 is 21.7 Å². The van der Waals surface area contributed by atoms with E-state index in [9.17, 15) is 18.5 Å². The number of hydrogen-bond donors (Lipinski definition) is 3. The van der Waals surface area contributed by atoms with Crippen molar-refractivity contribution in [1.29, 1.82) is 5.26 Å². The first-order valence-electron chi connectivity index (χ1n) is 7.61. The van der Waals surface area contributed by atoms with E-state index in [1.165, 1.54) is 30.5 Å². The molecule has 3 N–H and O–H groups in total. The van der Waals surface area contributed by atoms with E-state index in [1.807, 2.05) is 30.3 Å². The predicted molar refractivity (Wildman–Crippen MR) is 96.6 cm³/mol. The van der Waals surface area contributed by atoms with Crippen LogP contribution in [0.2, 0.25) is 0 Å². The molecule has 0 bridgehead atoms. The predicted octanol–water partition coefficient (Wildman–Crippen LogP) is 2.63. The van der Waals surface area contributed by atoms with Gasteiger partial charge in [-0.2, -0.15) is 13.7 Å². The lowest BCUT2D eigenvalue weighted by Gasteiger charge is -2.13. The third kappa shape index (κ3) is 5.17. The van der Waals surface area contributed by atoms with Gasteiger partial charge in [0.05, 0.1) is 10.9 Å². The van der Waals surface area contributed by atoms with Crippen LogP contribution in [0, 0.1) is 11.3 Å². The molecule has 0 saturated heterocycles. The molecule has 0 saturated carbocycles. The van der Waals surface area contributed by atoms with E-state index in [-0.39, 0.29) is 16.5 Å². The van der Waals surface area contributed by atoms with Crippen LogP contribution in [0.25, 0.3) is 0 Å². The largest absolute Gasteiger partial charge is 0.360 e. The Labute approximate surface area is 151 Å². The molecule has 2 aromatic carbocycles. The minimum Gasteiger partial charge on any atom is -0.360 e. The van der Waals surface area contributed by atoms with E-state index in [1.54, 1.807) is 13.0 Å². The molecule has 7 nitrogen and oxygen atoms in total. The molecule has 2 rings (SSSR count). The van der Waals surface area contributed by atoms with Gasteiger partial charge in [0.1, 0.15) is 11.6 Å². The summed E-state index contributed by atoms with van der Waals surface area (Å²) in [5, 5.41) is 14.6. The Bertz CT molecular complexity index is 963. The second kappa shape index (κ2) is 8.29. The van der Waals surface area contributed by atoms with Crippen molar-refractivity contribution < 1.29 is 17.8 Å². The summed E-state index contributed by atoms with van der Waals surface area (Å²) in [6.45, 7) is 1.80. The summed E-state index contributed by atoms with van der Waals surface area (Å²) in [6, 6.07) is 16.2. The van der Waals surface area contributed by atoms with E-state index in [2.05, 4.69) is 10.6 Å². The zero-order valence-electron chi connectivity index (χ0n) is 13.9. The number of benzene rings is 2. The van der Waals surface area contributed by atoms with E-state index >= 15 is 0 Å². The molecule has 0 aromatic heterocycles. The summed E-state index contributed by atoms with van der Waals surface area (Å²) in [6.07, 6.45) is 1.18. The van der Waals surface area contributed by atoms with Gasteiger partial charge in [-0.1, -0.05) is 36.4 Å². The van der Waals surface area contributed by atoms with Crippen LogP contribution in [-0.4, -0.2) is 18.9 Å². The number of nitrogens with one attached hydrogen (secondary N) is 2. The summed E-state index contributed by atoms with van der Waals surface area (Å²) in [5.74, 6) is -0.567. The minimum absolute atomic E-state index is 0.176. The molecule has 0 spiro atoms. The van der Waals surface area contributed by atoms with Crippen LogP contribution in [0.3, 0.4) is 0 Å². The van der Waals surface area contributed by atoms with E-state index in [4.69, 9.17) is 4.55 Å². The van der Waals surface area contributed by atoms with Crippen molar-refractivity contribution in [1.82, 2.24) is 5.32 Å². The first kappa shape index (κ1) is 19.2. The highest BCUT2D eigenvalue weighted by Crippen LogP contribution is 2.16. The zero-order valence-corrected chi connectivity index (χ0v) is 14.7. The Balaban J connectivity index is 2.10. The topological polar surface area (TPSA) is 119 Å². The summed E-state index contributed by atoms with van der Waals surface area (Å²) in [5.41, 5.74) is 1.02. The number of nitrogens with zero attached hydrogens (tertiary/aromatic N) is 1. The number of anilines is 1. The third-order valence-corrected chi connectivity index (χ3v) is 4.38. The second-order valence-corrected chi connectivity index (χ2v) is 6.84. The van der Waals surface area contributed by atoms with Gasteiger partial charge in [-0.3, -0.25) is 9.35 Å². The maximum absolute atomic E-state index is 12.2. The van der Waals surface area contributed by atoms with Gasteiger partial charge in [0.15, 0.2) is 0 Å². The highest BCUT2D eigenvalue weighted by atomic mass is 32.2. The molecule has 1 atom stereocenters. The Morgan fingerprint density at radius 2 is 1.88 bits per heavy atom. The molecule has 134 valence electrons. The Kier molecular flexibility index (Phi) is 6.11. The number of nitriles is 1. The summed E-state index contributed by atoms with van der Waals surface area (Å²) in [7, 11) is -4.34. The van der Waals surface area contributed by atoms with Gasteiger partial charge in [-0.25, -0.2) is 0 Å². The molecule has 0 heterocycles. The van der Waals surface area contributed by atoms with Crippen molar-refractivity contribution in [2.75, 3.05) is 5.32 Å². The van der Waals surface area contributed by atoms with Crippen LogP contribution in [0.4, 0.5) is 5.69 Å². The molecule has 0 aliphatic rings. The molecule has 26 heavy (non-hydrogen) atoms. The monoisotopic (exact) mass is 371 g/mol. The number of carbonyl (C=O) groups is 1. The third-order valence-electron chi connectivity index (χ3n) is 3.53. The zero-order chi connectivity index (χ0) is 19.2.